The first-order valence-electron chi connectivity index (χ1n) is 7.90. The highest BCUT2D eigenvalue weighted by Crippen LogP contribution is 2.33. The highest BCUT2D eigenvalue weighted by molar-refractivity contribution is 7.14. The van der Waals surface area contributed by atoms with E-state index >= 15 is 0 Å². The van der Waals surface area contributed by atoms with Crippen LogP contribution >= 0.6 is 22.7 Å². The van der Waals surface area contributed by atoms with Gasteiger partial charge in [0.05, 0.1) is 23.9 Å². The standard InChI is InChI=1S/C17H17N3O2S2/c1-11-7-15(22-19-11)14-3-2-5-20(14)16(21)8-13-10-24-17(18-13)12-4-6-23-9-12/h4,6-7,9-10,14H,2-3,5,8H2,1H3. The zero-order valence-corrected chi connectivity index (χ0v) is 14.9. The molecule has 124 valence electrons. The zero-order valence-electron chi connectivity index (χ0n) is 13.3. The van der Waals surface area contributed by atoms with Crippen molar-refractivity contribution in [2.45, 2.75) is 32.2 Å². The van der Waals surface area contributed by atoms with Gasteiger partial charge in [0.2, 0.25) is 5.91 Å². The predicted octanol–water partition coefficient (Wildman–Crippen LogP) is 4.07. The fourth-order valence-electron chi connectivity index (χ4n) is 3.06. The van der Waals surface area contributed by atoms with Gasteiger partial charge in [-0.15, -0.1) is 11.3 Å². The molecule has 0 aliphatic carbocycles. The fraction of sp³-hybridized carbons (Fsp3) is 0.353. The third-order valence-corrected chi connectivity index (χ3v) is 5.82. The van der Waals surface area contributed by atoms with Gasteiger partial charge in [-0.2, -0.15) is 11.3 Å². The van der Waals surface area contributed by atoms with Gasteiger partial charge in [-0.3, -0.25) is 4.79 Å². The van der Waals surface area contributed by atoms with Crippen molar-refractivity contribution in [1.29, 1.82) is 0 Å². The molecule has 1 atom stereocenters. The van der Waals surface area contributed by atoms with E-state index in [0.717, 1.165) is 47.1 Å². The second kappa shape index (κ2) is 6.49. The largest absolute Gasteiger partial charge is 0.359 e. The van der Waals surface area contributed by atoms with E-state index in [9.17, 15) is 4.79 Å². The van der Waals surface area contributed by atoms with Crippen LogP contribution in [0, 0.1) is 6.92 Å². The minimum absolute atomic E-state index is 0.00804. The fourth-order valence-corrected chi connectivity index (χ4v) is 4.60. The van der Waals surface area contributed by atoms with Crippen LogP contribution in [0.4, 0.5) is 0 Å². The summed E-state index contributed by atoms with van der Waals surface area (Å²) < 4.78 is 5.38. The summed E-state index contributed by atoms with van der Waals surface area (Å²) in [6.07, 6.45) is 2.26. The Morgan fingerprint density at radius 1 is 1.46 bits per heavy atom. The van der Waals surface area contributed by atoms with Gasteiger partial charge in [0, 0.05) is 28.9 Å². The van der Waals surface area contributed by atoms with E-state index in [4.69, 9.17) is 4.52 Å². The molecule has 1 aliphatic rings. The summed E-state index contributed by atoms with van der Waals surface area (Å²) >= 11 is 3.24. The molecule has 1 amide bonds. The Morgan fingerprint density at radius 3 is 3.12 bits per heavy atom. The lowest BCUT2D eigenvalue weighted by Gasteiger charge is -2.22. The zero-order chi connectivity index (χ0) is 16.5. The van der Waals surface area contributed by atoms with Crippen LogP contribution in [-0.4, -0.2) is 27.5 Å². The minimum atomic E-state index is 0.00804. The van der Waals surface area contributed by atoms with Gasteiger partial charge < -0.3 is 9.42 Å². The monoisotopic (exact) mass is 359 g/mol. The van der Waals surface area contributed by atoms with Crippen molar-refractivity contribution >= 4 is 28.6 Å². The van der Waals surface area contributed by atoms with Gasteiger partial charge in [-0.25, -0.2) is 4.98 Å². The van der Waals surface area contributed by atoms with E-state index in [-0.39, 0.29) is 11.9 Å². The molecule has 7 heteroatoms. The molecule has 5 nitrogen and oxygen atoms in total. The molecule has 3 aromatic rings. The number of aryl methyl sites for hydroxylation is 1. The SMILES string of the molecule is Cc1cc(C2CCCN2C(=O)Cc2csc(-c3ccsc3)n2)on1. The van der Waals surface area contributed by atoms with E-state index in [1.165, 1.54) is 0 Å². The summed E-state index contributed by atoms with van der Waals surface area (Å²) in [5, 5.41) is 11.0. The average molecular weight is 359 g/mol. The van der Waals surface area contributed by atoms with Crippen molar-refractivity contribution in [2.75, 3.05) is 6.54 Å². The van der Waals surface area contributed by atoms with Crippen molar-refractivity contribution in [3.63, 3.8) is 0 Å². The van der Waals surface area contributed by atoms with Crippen molar-refractivity contribution in [3.05, 3.63) is 45.4 Å². The maximum Gasteiger partial charge on any atom is 0.229 e. The second-order valence-electron chi connectivity index (χ2n) is 5.95. The summed E-state index contributed by atoms with van der Waals surface area (Å²) in [5.41, 5.74) is 2.81. The molecule has 1 fully saturated rings. The van der Waals surface area contributed by atoms with Crippen molar-refractivity contribution in [1.82, 2.24) is 15.0 Å². The number of rotatable bonds is 4. The molecular formula is C17H17N3O2S2. The Bertz CT molecular complexity index is 838. The summed E-state index contributed by atoms with van der Waals surface area (Å²) in [6, 6.07) is 3.99. The number of thiophene rings is 1. The predicted molar refractivity (Wildman–Crippen MR) is 94.1 cm³/mol. The lowest BCUT2D eigenvalue weighted by Crippen LogP contribution is -2.31. The third-order valence-electron chi connectivity index (χ3n) is 4.20. The summed E-state index contributed by atoms with van der Waals surface area (Å²) in [4.78, 5) is 19.2. The number of amides is 1. The molecule has 3 aromatic heterocycles. The van der Waals surface area contributed by atoms with Crippen LogP contribution in [0.5, 0.6) is 0 Å². The Hall–Kier alpha value is -1.99. The number of likely N-dealkylation sites (tertiary alicyclic amines) is 1. The molecule has 0 N–H and O–H groups in total. The highest BCUT2D eigenvalue weighted by atomic mass is 32.1. The number of nitrogens with zero attached hydrogens (tertiary/aromatic N) is 3. The number of carbonyl (C=O) groups excluding carboxylic acids is 1. The number of carbonyl (C=O) groups is 1. The van der Waals surface area contributed by atoms with Crippen LogP contribution in [0.3, 0.4) is 0 Å². The van der Waals surface area contributed by atoms with Gasteiger partial charge in [0.1, 0.15) is 5.01 Å². The average Bonchev–Trinajstić information content (AvgIpc) is 3.34. The molecule has 0 saturated carbocycles. The molecule has 0 bridgehead atoms. The first kappa shape index (κ1) is 15.5. The summed E-state index contributed by atoms with van der Waals surface area (Å²) in [6.45, 7) is 2.67. The molecular weight excluding hydrogens is 342 g/mol. The molecule has 0 radical (unpaired) electrons. The molecule has 24 heavy (non-hydrogen) atoms. The van der Waals surface area contributed by atoms with E-state index in [0.29, 0.717) is 6.42 Å². The van der Waals surface area contributed by atoms with Gasteiger partial charge in [0.25, 0.3) is 0 Å². The Balaban J connectivity index is 1.47. The normalized spacial score (nSPS) is 17.5. The lowest BCUT2D eigenvalue weighted by atomic mass is 10.1. The Morgan fingerprint density at radius 2 is 2.38 bits per heavy atom. The Kier molecular flexibility index (Phi) is 4.20. The maximum absolute atomic E-state index is 12.7. The first-order chi connectivity index (χ1) is 11.7. The van der Waals surface area contributed by atoms with Crippen LogP contribution < -0.4 is 0 Å². The topological polar surface area (TPSA) is 59.2 Å². The van der Waals surface area contributed by atoms with Gasteiger partial charge in [-0.1, -0.05) is 5.16 Å². The molecule has 1 unspecified atom stereocenters. The van der Waals surface area contributed by atoms with Crippen LogP contribution in [0.1, 0.15) is 36.0 Å². The van der Waals surface area contributed by atoms with E-state index in [1.54, 1.807) is 22.7 Å². The quantitative estimate of drug-likeness (QED) is 0.704. The van der Waals surface area contributed by atoms with Crippen molar-refractivity contribution in [3.8, 4) is 10.6 Å². The second-order valence-corrected chi connectivity index (χ2v) is 7.59. The van der Waals surface area contributed by atoms with Crippen LogP contribution in [0.2, 0.25) is 0 Å². The van der Waals surface area contributed by atoms with Gasteiger partial charge >= 0.3 is 0 Å². The summed E-state index contributed by atoms with van der Waals surface area (Å²) in [7, 11) is 0. The minimum Gasteiger partial charge on any atom is -0.359 e. The van der Waals surface area contributed by atoms with Crippen LogP contribution in [0.25, 0.3) is 10.6 Å². The van der Waals surface area contributed by atoms with Crippen molar-refractivity contribution in [2.24, 2.45) is 0 Å². The molecule has 1 aliphatic heterocycles. The molecule has 4 heterocycles. The van der Waals surface area contributed by atoms with Crippen molar-refractivity contribution < 1.29 is 9.32 Å². The number of hydrogen-bond acceptors (Lipinski definition) is 6. The van der Waals surface area contributed by atoms with Crippen LogP contribution in [-0.2, 0) is 11.2 Å². The van der Waals surface area contributed by atoms with Gasteiger partial charge in [-0.05, 0) is 31.2 Å². The molecule has 0 aromatic carbocycles. The van der Waals surface area contributed by atoms with E-state index in [2.05, 4.69) is 21.6 Å². The van der Waals surface area contributed by atoms with Crippen LogP contribution in [0.15, 0.2) is 32.8 Å². The third kappa shape index (κ3) is 3.01. The number of thiazole rings is 1. The first-order valence-corrected chi connectivity index (χ1v) is 9.72. The molecule has 1 saturated heterocycles. The Labute approximate surface area is 147 Å². The maximum atomic E-state index is 12.7. The lowest BCUT2D eigenvalue weighted by molar-refractivity contribution is -0.131. The van der Waals surface area contributed by atoms with Gasteiger partial charge in [0.15, 0.2) is 5.76 Å². The molecule has 0 spiro atoms. The number of hydrogen-bond donors (Lipinski definition) is 0. The smallest absolute Gasteiger partial charge is 0.229 e. The van der Waals surface area contributed by atoms with E-state index < -0.39 is 0 Å². The highest BCUT2D eigenvalue weighted by Gasteiger charge is 2.32. The summed E-state index contributed by atoms with van der Waals surface area (Å²) in [5.74, 6) is 0.893. The number of aromatic nitrogens is 2. The van der Waals surface area contributed by atoms with E-state index in [1.807, 2.05) is 28.7 Å². The molecule has 4 rings (SSSR count).